The molecule has 1 atom stereocenters. The predicted octanol–water partition coefficient (Wildman–Crippen LogP) is 4.56. The van der Waals surface area contributed by atoms with E-state index in [-0.39, 0.29) is 10.8 Å². The normalized spacial score (nSPS) is 12.3. The number of carbonyl (C=O) groups excluding carboxylic acids is 1. The zero-order valence-corrected chi connectivity index (χ0v) is 16.3. The third kappa shape index (κ3) is 5.21. The summed E-state index contributed by atoms with van der Waals surface area (Å²) in [6.45, 7) is 0. The van der Waals surface area contributed by atoms with Gasteiger partial charge in [0.15, 0.2) is 9.84 Å². The molecule has 0 bridgehead atoms. The van der Waals surface area contributed by atoms with Crippen LogP contribution in [0.3, 0.4) is 0 Å². The molecule has 4 nitrogen and oxygen atoms in total. The SMILES string of the molecule is CS(=O)(=O)c1ccc(NC(=O)[C@H](Sc2ccccc2)c2ccccc2)cc1. The van der Waals surface area contributed by atoms with Gasteiger partial charge in [-0.1, -0.05) is 48.5 Å². The molecule has 0 saturated heterocycles. The number of rotatable bonds is 6. The average molecular weight is 398 g/mol. The number of carbonyl (C=O) groups is 1. The summed E-state index contributed by atoms with van der Waals surface area (Å²) in [5.41, 5.74) is 1.46. The minimum Gasteiger partial charge on any atom is -0.325 e. The molecule has 0 aromatic heterocycles. The molecule has 3 rings (SSSR count). The molecule has 0 aliphatic heterocycles. The lowest BCUT2D eigenvalue weighted by Gasteiger charge is -2.17. The first-order valence-electron chi connectivity index (χ1n) is 8.31. The van der Waals surface area contributed by atoms with Crippen LogP contribution in [0.25, 0.3) is 0 Å². The molecule has 27 heavy (non-hydrogen) atoms. The number of hydrogen-bond donors (Lipinski definition) is 1. The van der Waals surface area contributed by atoms with Crippen molar-refractivity contribution >= 4 is 33.2 Å². The van der Waals surface area contributed by atoms with Crippen LogP contribution in [0.5, 0.6) is 0 Å². The van der Waals surface area contributed by atoms with E-state index in [1.165, 1.54) is 23.9 Å². The number of nitrogens with one attached hydrogen (secondary N) is 1. The molecule has 138 valence electrons. The fourth-order valence-corrected chi connectivity index (χ4v) is 4.21. The highest BCUT2D eigenvalue weighted by molar-refractivity contribution is 8.00. The first-order chi connectivity index (χ1) is 12.9. The van der Waals surface area contributed by atoms with E-state index in [9.17, 15) is 13.2 Å². The van der Waals surface area contributed by atoms with Crippen molar-refractivity contribution in [1.82, 2.24) is 0 Å². The molecule has 0 heterocycles. The molecule has 0 unspecified atom stereocenters. The Balaban J connectivity index is 1.82. The van der Waals surface area contributed by atoms with E-state index in [1.807, 2.05) is 60.7 Å². The second-order valence-corrected chi connectivity index (χ2v) is 9.20. The molecule has 3 aromatic carbocycles. The van der Waals surface area contributed by atoms with Crippen LogP contribution in [0.2, 0.25) is 0 Å². The van der Waals surface area contributed by atoms with Crippen molar-refractivity contribution in [1.29, 1.82) is 0 Å². The second-order valence-electron chi connectivity index (χ2n) is 6.01. The topological polar surface area (TPSA) is 63.2 Å². The van der Waals surface area contributed by atoms with Gasteiger partial charge in [-0.25, -0.2) is 8.42 Å². The average Bonchev–Trinajstić information content (AvgIpc) is 2.67. The Bertz CT molecular complexity index is 1000. The van der Waals surface area contributed by atoms with Gasteiger partial charge in [0.1, 0.15) is 5.25 Å². The Labute approximate surface area is 163 Å². The van der Waals surface area contributed by atoms with Crippen LogP contribution in [0, 0.1) is 0 Å². The van der Waals surface area contributed by atoms with E-state index in [1.54, 1.807) is 12.1 Å². The largest absolute Gasteiger partial charge is 0.325 e. The molecule has 6 heteroatoms. The van der Waals surface area contributed by atoms with Crippen molar-refractivity contribution in [3.05, 3.63) is 90.5 Å². The van der Waals surface area contributed by atoms with E-state index in [0.29, 0.717) is 5.69 Å². The molecular formula is C21H19NO3S2. The van der Waals surface area contributed by atoms with Crippen molar-refractivity contribution in [2.45, 2.75) is 15.0 Å². The molecule has 0 radical (unpaired) electrons. The number of sulfone groups is 1. The van der Waals surface area contributed by atoms with Crippen LogP contribution in [0.4, 0.5) is 5.69 Å². The maximum absolute atomic E-state index is 12.9. The summed E-state index contributed by atoms with van der Waals surface area (Å²) in [5, 5.41) is 2.46. The Kier molecular flexibility index (Phi) is 5.98. The van der Waals surface area contributed by atoms with Crippen LogP contribution >= 0.6 is 11.8 Å². The van der Waals surface area contributed by atoms with Crippen molar-refractivity contribution in [3.8, 4) is 0 Å². The van der Waals surface area contributed by atoms with Gasteiger partial charge >= 0.3 is 0 Å². The van der Waals surface area contributed by atoms with Crippen LogP contribution in [0.1, 0.15) is 10.8 Å². The lowest BCUT2D eigenvalue weighted by molar-refractivity contribution is -0.115. The lowest BCUT2D eigenvalue weighted by Crippen LogP contribution is -2.19. The number of anilines is 1. The zero-order chi connectivity index (χ0) is 19.3. The fourth-order valence-electron chi connectivity index (χ4n) is 2.53. The summed E-state index contributed by atoms with van der Waals surface area (Å²) in [4.78, 5) is 14.2. The number of thioether (sulfide) groups is 1. The van der Waals surface area contributed by atoms with Crippen LogP contribution in [-0.4, -0.2) is 20.6 Å². The first kappa shape index (κ1) is 19.2. The number of hydrogen-bond acceptors (Lipinski definition) is 4. The van der Waals surface area contributed by atoms with Crippen molar-refractivity contribution in [3.63, 3.8) is 0 Å². The van der Waals surface area contributed by atoms with Crippen LogP contribution in [0.15, 0.2) is 94.7 Å². The minimum atomic E-state index is -3.26. The van der Waals surface area contributed by atoms with E-state index >= 15 is 0 Å². The van der Waals surface area contributed by atoms with Gasteiger partial charge in [-0.3, -0.25) is 4.79 Å². The van der Waals surface area contributed by atoms with Crippen molar-refractivity contribution in [2.24, 2.45) is 0 Å². The molecular weight excluding hydrogens is 378 g/mol. The Hall–Kier alpha value is -2.57. The van der Waals surface area contributed by atoms with Gasteiger partial charge in [-0.15, -0.1) is 11.8 Å². The van der Waals surface area contributed by atoms with Gasteiger partial charge in [0.05, 0.1) is 4.90 Å². The molecule has 0 aliphatic rings. The van der Waals surface area contributed by atoms with E-state index in [2.05, 4.69) is 5.32 Å². The number of benzene rings is 3. The molecule has 0 aliphatic carbocycles. The molecule has 1 N–H and O–H groups in total. The summed E-state index contributed by atoms with van der Waals surface area (Å²) >= 11 is 1.47. The molecule has 0 fully saturated rings. The maximum atomic E-state index is 12.9. The highest BCUT2D eigenvalue weighted by Crippen LogP contribution is 2.36. The monoisotopic (exact) mass is 397 g/mol. The van der Waals surface area contributed by atoms with Crippen LogP contribution < -0.4 is 5.32 Å². The Morgan fingerprint density at radius 2 is 1.41 bits per heavy atom. The summed E-state index contributed by atoms with van der Waals surface area (Å²) in [6.07, 6.45) is 1.16. The van der Waals surface area contributed by atoms with Gasteiger partial charge < -0.3 is 5.32 Å². The first-order valence-corrected chi connectivity index (χ1v) is 11.1. The Morgan fingerprint density at radius 1 is 0.852 bits per heavy atom. The van der Waals surface area contributed by atoms with Gasteiger partial charge in [0, 0.05) is 16.8 Å². The van der Waals surface area contributed by atoms with Crippen molar-refractivity contribution in [2.75, 3.05) is 11.6 Å². The third-order valence-electron chi connectivity index (χ3n) is 3.89. The summed E-state index contributed by atoms with van der Waals surface area (Å²) in [7, 11) is -3.26. The molecule has 0 saturated carbocycles. The summed E-state index contributed by atoms with van der Waals surface area (Å²) in [6, 6.07) is 25.5. The summed E-state index contributed by atoms with van der Waals surface area (Å²) in [5.74, 6) is -0.165. The van der Waals surface area contributed by atoms with Crippen LogP contribution in [-0.2, 0) is 14.6 Å². The van der Waals surface area contributed by atoms with E-state index in [4.69, 9.17) is 0 Å². The lowest BCUT2D eigenvalue weighted by atomic mass is 10.1. The molecule has 0 spiro atoms. The fraction of sp³-hybridized carbons (Fsp3) is 0.0952. The summed E-state index contributed by atoms with van der Waals surface area (Å²) < 4.78 is 23.1. The van der Waals surface area contributed by atoms with E-state index < -0.39 is 15.1 Å². The highest BCUT2D eigenvalue weighted by atomic mass is 32.2. The van der Waals surface area contributed by atoms with Gasteiger partial charge in [0.25, 0.3) is 0 Å². The minimum absolute atomic E-state index is 0.165. The maximum Gasteiger partial charge on any atom is 0.242 e. The second kappa shape index (κ2) is 8.41. The quantitative estimate of drug-likeness (QED) is 0.619. The third-order valence-corrected chi connectivity index (χ3v) is 6.28. The molecule has 3 aromatic rings. The smallest absolute Gasteiger partial charge is 0.242 e. The Morgan fingerprint density at radius 3 is 1.96 bits per heavy atom. The van der Waals surface area contributed by atoms with Gasteiger partial charge in [-0.2, -0.15) is 0 Å². The molecule has 1 amide bonds. The predicted molar refractivity (Wildman–Crippen MR) is 110 cm³/mol. The highest BCUT2D eigenvalue weighted by Gasteiger charge is 2.22. The van der Waals surface area contributed by atoms with Gasteiger partial charge in [0.2, 0.25) is 5.91 Å². The zero-order valence-electron chi connectivity index (χ0n) is 14.7. The number of amides is 1. The van der Waals surface area contributed by atoms with Crippen molar-refractivity contribution < 1.29 is 13.2 Å². The van der Waals surface area contributed by atoms with E-state index in [0.717, 1.165) is 16.7 Å². The van der Waals surface area contributed by atoms with Gasteiger partial charge in [-0.05, 0) is 42.0 Å². The standard InChI is InChI=1S/C21H19NO3S2/c1-27(24,25)19-14-12-17(13-15-19)22-21(23)20(16-8-4-2-5-9-16)26-18-10-6-3-7-11-18/h2-15,20H,1H3,(H,22,23)/t20-/m1/s1.